The lowest BCUT2D eigenvalue weighted by molar-refractivity contribution is 0.618. The molecular weight excluding hydrogens is 287 g/mol. The Morgan fingerprint density at radius 1 is 1.14 bits per heavy atom. The quantitative estimate of drug-likeness (QED) is 0.625. The molecule has 0 saturated heterocycles. The molecule has 1 aromatic heterocycles. The maximum absolute atomic E-state index is 13.4. The molecule has 106 valence electrons. The number of aromatic nitrogens is 2. The van der Waals surface area contributed by atoms with Gasteiger partial charge in [0.1, 0.15) is 11.0 Å². The summed E-state index contributed by atoms with van der Waals surface area (Å²) >= 11 is 6.29. The predicted molar refractivity (Wildman–Crippen MR) is 84.1 cm³/mol. The van der Waals surface area contributed by atoms with Gasteiger partial charge in [0.2, 0.25) is 0 Å². The SMILES string of the molecule is CCc1cccc2c(Cl)nc(-c3ccc(F)c(C)c3)nc12. The zero-order valence-electron chi connectivity index (χ0n) is 11.8. The van der Waals surface area contributed by atoms with Gasteiger partial charge < -0.3 is 0 Å². The first-order chi connectivity index (χ1) is 10.1. The summed E-state index contributed by atoms with van der Waals surface area (Å²) in [6, 6.07) is 10.7. The van der Waals surface area contributed by atoms with E-state index in [4.69, 9.17) is 11.6 Å². The fourth-order valence-electron chi connectivity index (χ4n) is 2.37. The summed E-state index contributed by atoms with van der Waals surface area (Å²) in [5, 5.41) is 1.27. The second-order valence-electron chi connectivity index (χ2n) is 4.97. The highest BCUT2D eigenvalue weighted by atomic mass is 35.5. The molecule has 0 spiro atoms. The Labute approximate surface area is 127 Å². The van der Waals surface area contributed by atoms with Crippen molar-refractivity contribution in [2.24, 2.45) is 0 Å². The van der Waals surface area contributed by atoms with Gasteiger partial charge in [-0.1, -0.05) is 30.7 Å². The highest BCUT2D eigenvalue weighted by molar-refractivity contribution is 6.34. The first-order valence-corrected chi connectivity index (χ1v) is 7.19. The van der Waals surface area contributed by atoms with Gasteiger partial charge in [-0.05, 0) is 48.7 Å². The third-order valence-electron chi connectivity index (χ3n) is 3.56. The van der Waals surface area contributed by atoms with Gasteiger partial charge in [-0.2, -0.15) is 0 Å². The summed E-state index contributed by atoms with van der Waals surface area (Å²) < 4.78 is 13.4. The van der Waals surface area contributed by atoms with E-state index in [1.807, 2.05) is 18.2 Å². The standard InChI is InChI=1S/C17H14ClFN2/c1-3-11-5-4-6-13-15(11)20-17(21-16(13)18)12-7-8-14(19)10(2)9-12/h4-9H,3H2,1-2H3. The Morgan fingerprint density at radius 2 is 1.95 bits per heavy atom. The van der Waals surface area contributed by atoms with Gasteiger partial charge in [0.05, 0.1) is 5.52 Å². The van der Waals surface area contributed by atoms with Crippen molar-refractivity contribution in [3.63, 3.8) is 0 Å². The third-order valence-corrected chi connectivity index (χ3v) is 3.85. The molecule has 0 amide bonds. The van der Waals surface area contributed by atoms with Crippen LogP contribution in [0.5, 0.6) is 0 Å². The maximum Gasteiger partial charge on any atom is 0.161 e. The summed E-state index contributed by atoms with van der Waals surface area (Å²) in [5.41, 5.74) is 3.31. The van der Waals surface area contributed by atoms with Crippen molar-refractivity contribution < 1.29 is 4.39 Å². The van der Waals surface area contributed by atoms with Gasteiger partial charge in [0.25, 0.3) is 0 Å². The topological polar surface area (TPSA) is 25.8 Å². The van der Waals surface area contributed by atoms with Gasteiger partial charge in [-0.25, -0.2) is 14.4 Å². The van der Waals surface area contributed by atoms with Crippen LogP contribution in [0.25, 0.3) is 22.3 Å². The van der Waals surface area contributed by atoms with Gasteiger partial charge >= 0.3 is 0 Å². The highest BCUT2D eigenvalue weighted by Crippen LogP contribution is 2.27. The van der Waals surface area contributed by atoms with Crippen LogP contribution in [0.4, 0.5) is 4.39 Å². The molecule has 0 radical (unpaired) electrons. The molecule has 21 heavy (non-hydrogen) atoms. The molecule has 2 nitrogen and oxygen atoms in total. The molecule has 0 aliphatic heterocycles. The molecule has 0 N–H and O–H groups in total. The highest BCUT2D eigenvalue weighted by Gasteiger charge is 2.11. The van der Waals surface area contributed by atoms with Gasteiger partial charge in [-0.3, -0.25) is 0 Å². The number of hydrogen-bond acceptors (Lipinski definition) is 2. The second kappa shape index (κ2) is 5.41. The predicted octanol–water partition coefficient (Wildman–Crippen LogP) is 4.96. The van der Waals surface area contributed by atoms with E-state index in [0.717, 1.165) is 28.5 Å². The van der Waals surface area contributed by atoms with Crippen LogP contribution in [-0.4, -0.2) is 9.97 Å². The number of benzene rings is 2. The van der Waals surface area contributed by atoms with Crippen molar-refractivity contribution in [3.8, 4) is 11.4 Å². The lowest BCUT2D eigenvalue weighted by Gasteiger charge is -2.08. The average molecular weight is 301 g/mol. The van der Waals surface area contributed by atoms with Crippen LogP contribution in [0, 0.1) is 12.7 Å². The van der Waals surface area contributed by atoms with Gasteiger partial charge in [0.15, 0.2) is 5.82 Å². The molecule has 0 aliphatic carbocycles. The van der Waals surface area contributed by atoms with E-state index in [1.54, 1.807) is 19.1 Å². The summed E-state index contributed by atoms with van der Waals surface area (Å²) in [5.74, 6) is 0.288. The molecule has 2 aromatic carbocycles. The first kappa shape index (κ1) is 14.0. The van der Waals surface area contributed by atoms with Crippen LogP contribution in [0.2, 0.25) is 5.15 Å². The molecular formula is C17H14ClFN2. The lowest BCUT2D eigenvalue weighted by atomic mass is 10.1. The summed E-state index contributed by atoms with van der Waals surface area (Å²) in [7, 11) is 0. The molecule has 0 fully saturated rings. The Morgan fingerprint density at radius 3 is 2.67 bits per heavy atom. The molecule has 1 heterocycles. The van der Waals surface area contributed by atoms with E-state index >= 15 is 0 Å². The van der Waals surface area contributed by atoms with Crippen LogP contribution in [-0.2, 0) is 6.42 Å². The molecule has 0 aliphatic rings. The zero-order valence-corrected chi connectivity index (χ0v) is 12.6. The van der Waals surface area contributed by atoms with Crippen LogP contribution >= 0.6 is 11.6 Å². The van der Waals surface area contributed by atoms with Gasteiger partial charge in [-0.15, -0.1) is 0 Å². The van der Waals surface area contributed by atoms with Crippen molar-refractivity contribution in [3.05, 3.63) is 58.5 Å². The van der Waals surface area contributed by atoms with E-state index in [2.05, 4.69) is 16.9 Å². The number of fused-ring (bicyclic) bond motifs is 1. The number of aryl methyl sites for hydroxylation is 2. The number of hydrogen-bond donors (Lipinski definition) is 0. The lowest BCUT2D eigenvalue weighted by Crippen LogP contribution is -1.96. The summed E-state index contributed by atoms with van der Waals surface area (Å²) in [6.45, 7) is 3.80. The summed E-state index contributed by atoms with van der Waals surface area (Å²) in [6.07, 6.45) is 0.868. The minimum absolute atomic E-state index is 0.236. The molecule has 0 atom stereocenters. The molecule has 0 bridgehead atoms. The maximum atomic E-state index is 13.4. The van der Waals surface area contributed by atoms with Crippen molar-refractivity contribution in [2.45, 2.75) is 20.3 Å². The minimum atomic E-state index is -0.236. The van der Waals surface area contributed by atoms with E-state index in [1.165, 1.54) is 6.07 Å². The third kappa shape index (κ3) is 2.49. The Bertz CT molecular complexity index is 830. The molecule has 3 aromatic rings. The van der Waals surface area contributed by atoms with Crippen molar-refractivity contribution in [1.29, 1.82) is 0 Å². The Kier molecular flexibility index (Phi) is 3.60. The second-order valence-corrected chi connectivity index (χ2v) is 5.33. The fraction of sp³-hybridized carbons (Fsp3) is 0.176. The largest absolute Gasteiger partial charge is 0.228 e. The van der Waals surface area contributed by atoms with E-state index < -0.39 is 0 Å². The summed E-state index contributed by atoms with van der Waals surface area (Å²) in [4.78, 5) is 8.98. The molecule has 0 unspecified atom stereocenters. The Hall–Kier alpha value is -2.00. The molecule has 3 rings (SSSR count). The molecule has 4 heteroatoms. The van der Waals surface area contributed by atoms with Crippen molar-refractivity contribution in [1.82, 2.24) is 9.97 Å². The van der Waals surface area contributed by atoms with Crippen molar-refractivity contribution in [2.75, 3.05) is 0 Å². The Balaban J connectivity index is 2.26. The van der Waals surface area contributed by atoms with E-state index in [0.29, 0.717) is 16.5 Å². The number of rotatable bonds is 2. The number of halogens is 2. The minimum Gasteiger partial charge on any atom is -0.228 e. The zero-order chi connectivity index (χ0) is 15.0. The monoisotopic (exact) mass is 300 g/mol. The van der Waals surface area contributed by atoms with Crippen LogP contribution < -0.4 is 0 Å². The normalized spacial score (nSPS) is 11.0. The first-order valence-electron chi connectivity index (χ1n) is 6.82. The van der Waals surface area contributed by atoms with Crippen LogP contribution in [0.1, 0.15) is 18.1 Å². The van der Waals surface area contributed by atoms with Crippen molar-refractivity contribution >= 4 is 22.5 Å². The smallest absolute Gasteiger partial charge is 0.161 e. The van der Waals surface area contributed by atoms with Gasteiger partial charge in [0, 0.05) is 10.9 Å². The fourth-order valence-corrected chi connectivity index (χ4v) is 2.60. The van der Waals surface area contributed by atoms with Crippen LogP contribution in [0.15, 0.2) is 36.4 Å². The number of para-hydroxylation sites is 1. The van der Waals surface area contributed by atoms with E-state index in [9.17, 15) is 4.39 Å². The van der Waals surface area contributed by atoms with E-state index in [-0.39, 0.29) is 5.82 Å². The molecule has 0 saturated carbocycles. The average Bonchev–Trinajstić information content (AvgIpc) is 2.49. The number of nitrogens with zero attached hydrogens (tertiary/aromatic N) is 2. The van der Waals surface area contributed by atoms with Crippen LogP contribution in [0.3, 0.4) is 0 Å².